The fourth-order valence-corrected chi connectivity index (χ4v) is 3.64. The van der Waals surface area contributed by atoms with Crippen LogP contribution in [0.5, 0.6) is 11.5 Å². The Labute approximate surface area is 223 Å². The Morgan fingerprint density at radius 3 is 2.32 bits per heavy atom. The fraction of sp³-hybridized carbons (Fsp3) is 0.407. The minimum absolute atomic E-state index is 0.139. The second-order valence-electron chi connectivity index (χ2n) is 9.71. The molecule has 9 nitrogen and oxygen atoms in total. The van der Waals surface area contributed by atoms with Crippen molar-refractivity contribution >= 4 is 31.4 Å². The average molecular weight is 521 g/mol. The highest BCUT2D eigenvalue weighted by molar-refractivity contribution is 6.54. The first-order chi connectivity index (χ1) is 17.8. The molecular weight excluding hydrogens is 483 g/mol. The summed E-state index contributed by atoms with van der Waals surface area (Å²) in [6.07, 6.45) is 7.70. The highest BCUT2D eigenvalue weighted by atomic mass is 27.2. The number of H-pyrrole nitrogens is 1. The molecule has 196 valence electrons. The molecule has 10 heteroatoms. The second-order valence-corrected chi connectivity index (χ2v) is 13.2. The monoisotopic (exact) mass is 520 g/mol. The first-order valence-corrected chi connectivity index (χ1v) is 16.0. The van der Waals surface area contributed by atoms with Crippen molar-refractivity contribution in [3.63, 3.8) is 0 Å². The first-order valence-electron chi connectivity index (χ1n) is 12.5. The number of benzene rings is 1. The van der Waals surface area contributed by atoms with Crippen molar-refractivity contribution in [2.75, 3.05) is 39.7 Å². The minimum atomic E-state index is -0.334. The molecule has 0 atom stereocenters. The Kier molecular flexibility index (Phi) is 10.7. The number of likely N-dealkylation sites (N-methyl/N-ethyl adjacent to an activating group) is 1. The van der Waals surface area contributed by atoms with Gasteiger partial charge in [-0.05, 0) is 49.6 Å². The number of anilines is 1. The summed E-state index contributed by atoms with van der Waals surface area (Å²) < 4.78 is 10.6. The van der Waals surface area contributed by atoms with E-state index < -0.39 is 0 Å². The van der Waals surface area contributed by atoms with Gasteiger partial charge < -0.3 is 19.7 Å². The molecule has 0 saturated carbocycles. The van der Waals surface area contributed by atoms with E-state index in [2.05, 4.69) is 60.9 Å². The number of aromatic nitrogens is 4. The van der Waals surface area contributed by atoms with Crippen LogP contribution in [0, 0.1) is 0 Å². The maximum absolute atomic E-state index is 12.6. The predicted octanol–water partition coefficient (Wildman–Crippen LogP) is 4.34. The molecule has 0 fully saturated rings. The van der Waals surface area contributed by atoms with E-state index in [4.69, 9.17) is 9.47 Å². The van der Waals surface area contributed by atoms with Gasteiger partial charge in [0.15, 0.2) is 0 Å². The van der Waals surface area contributed by atoms with Crippen molar-refractivity contribution in [1.82, 2.24) is 25.1 Å². The maximum atomic E-state index is 12.6. The van der Waals surface area contributed by atoms with E-state index >= 15 is 0 Å². The Morgan fingerprint density at radius 2 is 1.76 bits per heavy atom. The van der Waals surface area contributed by atoms with Gasteiger partial charge in [0, 0.05) is 25.2 Å². The molecule has 0 radical (unpaired) electrons. The number of aryl methyl sites for hydroxylation is 2. The van der Waals surface area contributed by atoms with E-state index in [0.717, 1.165) is 54.4 Å². The van der Waals surface area contributed by atoms with Gasteiger partial charge in [-0.1, -0.05) is 6.08 Å². The van der Waals surface area contributed by atoms with E-state index in [1.165, 1.54) is 11.8 Å². The lowest BCUT2D eigenvalue weighted by molar-refractivity contribution is 0.102. The molecule has 3 heterocycles. The lowest BCUT2D eigenvalue weighted by Crippen LogP contribution is -2.24. The highest BCUT2D eigenvalue weighted by Gasteiger charge is 2.14. The molecule has 1 aliphatic rings. The van der Waals surface area contributed by atoms with Crippen LogP contribution in [0.15, 0.2) is 42.7 Å². The van der Waals surface area contributed by atoms with Crippen LogP contribution in [0.1, 0.15) is 33.9 Å². The first kappa shape index (κ1) is 28.4. The van der Waals surface area contributed by atoms with Crippen LogP contribution in [-0.2, 0) is 12.8 Å². The van der Waals surface area contributed by atoms with E-state index in [0.29, 0.717) is 12.2 Å². The smallest absolute Gasteiger partial charge is 0.276 e. The highest BCUT2D eigenvalue weighted by Crippen LogP contribution is 2.24. The summed E-state index contributed by atoms with van der Waals surface area (Å²) in [4.78, 5) is 23.5. The third kappa shape index (κ3) is 9.01. The third-order valence-electron chi connectivity index (χ3n) is 5.59. The zero-order valence-corrected chi connectivity index (χ0v) is 23.8. The zero-order valence-electron chi connectivity index (χ0n) is 22.7. The number of hydrogen-bond donors (Lipinski definition) is 2. The van der Waals surface area contributed by atoms with Gasteiger partial charge in [0.1, 0.15) is 23.0 Å². The van der Waals surface area contributed by atoms with Crippen molar-refractivity contribution in [3.8, 4) is 11.5 Å². The summed E-state index contributed by atoms with van der Waals surface area (Å²) in [7, 11) is 5.35. The number of rotatable bonds is 8. The average Bonchev–Trinajstić information content (AvgIpc) is 3.34. The number of nitrogens with zero attached hydrogens (tertiary/aromatic N) is 4. The van der Waals surface area contributed by atoms with Crippen LogP contribution in [0.3, 0.4) is 0 Å². The molecule has 3 aromatic rings. The Hall–Kier alpha value is -3.19. The predicted molar refractivity (Wildman–Crippen MR) is 149 cm³/mol. The molecule has 0 unspecified atom stereocenters. The second kappa shape index (κ2) is 13.9. The Morgan fingerprint density at radius 1 is 1.05 bits per heavy atom. The van der Waals surface area contributed by atoms with Gasteiger partial charge in [0.25, 0.3) is 20.1 Å². The van der Waals surface area contributed by atoms with Crippen LogP contribution in [0.25, 0.3) is 5.57 Å². The van der Waals surface area contributed by atoms with Gasteiger partial charge in [-0.3, -0.25) is 14.9 Å². The summed E-state index contributed by atoms with van der Waals surface area (Å²) in [5.74, 6) is 8.60. The molecule has 1 amide bonds. The van der Waals surface area contributed by atoms with Gasteiger partial charge in [-0.25, -0.2) is 4.98 Å². The summed E-state index contributed by atoms with van der Waals surface area (Å²) in [6.45, 7) is 1.88. The summed E-state index contributed by atoms with van der Waals surface area (Å²) in [6, 6.07) is 7.61. The molecule has 0 spiro atoms. The van der Waals surface area contributed by atoms with Crippen LogP contribution in [0.4, 0.5) is 5.82 Å². The molecule has 37 heavy (non-hydrogen) atoms. The number of carbonyl (C=O) groups excluding carboxylic acids is 1. The Bertz CT molecular complexity index is 1170. The molecule has 1 aromatic carbocycles. The lowest BCUT2D eigenvalue weighted by atomic mass is 10.1. The standard InChI is InChI=1S/C24H28N6O3.3CH3.Al/c1-30-8-6-17(7-9-30)21-14-26-22(15-25-21)24(31)27-23-12-18(28-29-23)5-4-16-10-19(32-2)13-20(11-16)33-3;;;;/h6,10-15H,4-5,7-9H2,1-3H3,(H2,27,28,29,31);3*1H3;. The molecule has 0 saturated heterocycles. The molecule has 0 aliphatic carbocycles. The molecule has 4 rings (SSSR count). The van der Waals surface area contributed by atoms with Crippen LogP contribution < -0.4 is 14.8 Å². The van der Waals surface area contributed by atoms with Crippen molar-refractivity contribution < 1.29 is 14.3 Å². The van der Waals surface area contributed by atoms with E-state index in [1.807, 2.05) is 24.3 Å². The van der Waals surface area contributed by atoms with E-state index in [1.54, 1.807) is 20.4 Å². The molecular formula is C27H37AlN6O3. The quantitative estimate of drug-likeness (QED) is 0.426. The zero-order chi connectivity index (χ0) is 26.8. The van der Waals surface area contributed by atoms with Crippen LogP contribution >= 0.6 is 0 Å². The van der Waals surface area contributed by atoms with Crippen LogP contribution in [0.2, 0.25) is 17.4 Å². The van der Waals surface area contributed by atoms with Crippen LogP contribution in [-0.4, -0.2) is 79.5 Å². The summed E-state index contributed by atoms with van der Waals surface area (Å²) in [5.41, 5.74) is 4.15. The SMILES string of the molecule is COc1cc(CCc2cc(NC(=O)c3cnc(C4=CCN(C)CC4)cn3)[nH]n2)cc(OC)c1.[CH3][Al]([CH3])[CH3]. The third-order valence-corrected chi connectivity index (χ3v) is 5.59. The largest absolute Gasteiger partial charge is 0.497 e. The number of nitrogens with one attached hydrogen (secondary N) is 2. The van der Waals surface area contributed by atoms with Crippen molar-refractivity contribution in [1.29, 1.82) is 0 Å². The summed E-state index contributed by atoms with van der Waals surface area (Å²) in [5, 5.41) is 9.95. The van der Waals surface area contributed by atoms with Crippen molar-refractivity contribution in [3.05, 3.63) is 65.4 Å². The van der Waals surface area contributed by atoms with E-state index in [9.17, 15) is 4.79 Å². The van der Waals surface area contributed by atoms with Gasteiger partial charge in [0.05, 0.1) is 38.0 Å². The fourth-order valence-electron chi connectivity index (χ4n) is 3.64. The number of methoxy groups -OCH3 is 2. The van der Waals surface area contributed by atoms with Gasteiger partial charge in [-0.15, -0.1) is 17.4 Å². The number of ether oxygens (including phenoxy) is 2. The molecule has 2 N–H and O–H groups in total. The molecule has 0 bridgehead atoms. The van der Waals surface area contributed by atoms with Crippen molar-refractivity contribution in [2.45, 2.75) is 36.6 Å². The Balaban J connectivity index is 0.000000886. The molecule has 2 aromatic heterocycles. The minimum Gasteiger partial charge on any atom is -0.497 e. The summed E-state index contributed by atoms with van der Waals surface area (Å²) >= 11 is -0.139. The topological polar surface area (TPSA) is 105 Å². The maximum Gasteiger partial charge on any atom is 0.276 e. The number of hydrogen-bond acceptors (Lipinski definition) is 7. The van der Waals surface area contributed by atoms with Gasteiger partial charge >= 0.3 is 0 Å². The van der Waals surface area contributed by atoms with Gasteiger partial charge in [-0.2, -0.15) is 5.10 Å². The van der Waals surface area contributed by atoms with E-state index in [-0.39, 0.29) is 25.7 Å². The molecule has 1 aliphatic heterocycles. The lowest BCUT2D eigenvalue weighted by Gasteiger charge is -2.21. The number of amides is 1. The normalized spacial score (nSPS) is 13.2. The van der Waals surface area contributed by atoms with Crippen molar-refractivity contribution in [2.24, 2.45) is 0 Å². The number of carbonyl (C=O) groups is 1. The van der Waals surface area contributed by atoms with Gasteiger partial charge in [0.2, 0.25) is 0 Å². The number of aromatic amines is 1.